The van der Waals surface area contributed by atoms with Gasteiger partial charge in [0.05, 0.1) is 0 Å². The van der Waals surface area contributed by atoms with Gasteiger partial charge < -0.3 is 4.98 Å². The van der Waals surface area contributed by atoms with Crippen molar-refractivity contribution < 1.29 is 13.2 Å². The first-order valence-corrected chi connectivity index (χ1v) is 3.63. The number of fused-ring (bicyclic) bond motifs is 1. The zero-order valence-corrected chi connectivity index (χ0v) is 6.67. The maximum Gasteiger partial charge on any atom is 0.435 e. The molecule has 7 heteroatoms. The van der Waals surface area contributed by atoms with Crippen molar-refractivity contribution in [2.24, 2.45) is 0 Å². The Morgan fingerprint density at radius 2 is 2.14 bits per heavy atom. The van der Waals surface area contributed by atoms with Crippen LogP contribution in [0.3, 0.4) is 0 Å². The van der Waals surface area contributed by atoms with Gasteiger partial charge in [-0.2, -0.15) is 18.3 Å². The molecule has 0 unspecified atom stereocenters. The van der Waals surface area contributed by atoms with Crippen LogP contribution in [-0.4, -0.2) is 14.6 Å². The van der Waals surface area contributed by atoms with E-state index in [0.29, 0.717) is 0 Å². The topological polar surface area (TPSA) is 50.2 Å². The second kappa shape index (κ2) is 2.60. The third-order valence-corrected chi connectivity index (χ3v) is 1.64. The van der Waals surface area contributed by atoms with Crippen LogP contribution in [0, 0.1) is 0 Å². The highest BCUT2D eigenvalue weighted by Crippen LogP contribution is 2.27. The molecule has 0 aliphatic carbocycles. The molecule has 14 heavy (non-hydrogen) atoms. The van der Waals surface area contributed by atoms with Crippen molar-refractivity contribution >= 4 is 5.65 Å². The average molecular weight is 203 g/mol. The number of nitrogens with one attached hydrogen (secondary N) is 1. The molecule has 2 aromatic heterocycles. The smallest absolute Gasteiger partial charge is 0.307 e. The molecule has 0 amide bonds. The maximum atomic E-state index is 12.2. The van der Waals surface area contributed by atoms with E-state index in [9.17, 15) is 18.0 Å². The van der Waals surface area contributed by atoms with Crippen molar-refractivity contribution in [3.63, 3.8) is 0 Å². The molecule has 0 radical (unpaired) electrons. The third-order valence-electron chi connectivity index (χ3n) is 1.64. The summed E-state index contributed by atoms with van der Waals surface area (Å²) >= 11 is 0. The fourth-order valence-corrected chi connectivity index (χ4v) is 1.05. The molecule has 0 aliphatic rings. The maximum absolute atomic E-state index is 12.2. The molecule has 74 valence electrons. The van der Waals surface area contributed by atoms with Crippen LogP contribution in [0.1, 0.15) is 5.69 Å². The molecular formula is C7H4F3N3O. The van der Waals surface area contributed by atoms with Crippen LogP contribution in [0.15, 0.2) is 23.1 Å². The number of halogens is 3. The molecule has 0 aromatic carbocycles. The van der Waals surface area contributed by atoms with Crippen molar-refractivity contribution in [2.45, 2.75) is 6.18 Å². The minimum atomic E-state index is -4.50. The summed E-state index contributed by atoms with van der Waals surface area (Å²) in [4.78, 5) is 13.0. The Kier molecular flexibility index (Phi) is 1.63. The predicted molar refractivity (Wildman–Crippen MR) is 40.8 cm³/mol. The van der Waals surface area contributed by atoms with Gasteiger partial charge in [-0.25, -0.2) is 4.52 Å². The number of rotatable bonds is 0. The highest BCUT2D eigenvalue weighted by molar-refractivity contribution is 5.38. The molecule has 0 saturated heterocycles. The van der Waals surface area contributed by atoms with E-state index in [1.165, 1.54) is 6.20 Å². The summed E-state index contributed by atoms with van der Waals surface area (Å²) in [5.41, 5.74) is -1.48. The molecule has 2 heterocycles. The molecule has 2 rings (SSSR count). The second-order valence-corrected chi connectivity index (χ2v) is 2.66. The molecule has 1 N–H and O–H groups in total. The highest BCUT2D eigenvalue weighted by atomic mass is 19.4. The fraction of sp³-hybridized carbons (Fsp3) is 0.143. The summed E-state index contributed by atoms with van der Waals surface area (Å²) < 4.78 is 37.4. The second-order valence-electron chi connectivity index (χ2n) is 2.66. The molecule has 0 atom stereocenters. The SMILES string of the molecule is O=c1ccn2nc(C(F)(F)F)cc2[nH]1. The molecular weight excluding hydrogens is 199 g/mol. The third kappa shape index (κ3) is 1.36. The predicted octanol–water partition coefficient (Wildman–Crippen LogP) is 1.04. The van der Waals surface area contributed by atoms with Gasteiger partial charge in [-0.05, 0) is 0 Å². The Bertz CT molecular complexity index is 525. The van der Waals surface area contributed by atoms with Gasteiger partial charge in [-0.1, -0.05) is 0 Å². The van der Waals surface area contributed by atoms with Crippen molar-refractivity contribution in [1.29, 1.82) is 0 Å². The van der Waals surface area contributed by atoms with Gasteiger partial charge in [-0.3, -0.25) is 4.79 Å². The van der Waals surface area contributed by atoms with Crippen LogP contribution in [0.2, 0.25) is 0 Å². The number of H-pyrrole nitrogens is 1. The van der Waals surface area contributed by atoms with Gasteiger partial charge in [-0.15, -0.1) is 0 Å². The summed E-state index contributed by atoms with van der Waals surface area (Å²) in [6.45, 7) is 0. The van der Waals surface area contributed by atoms with Crippen LogP contribution < -0.4 is 5.56 Å². The average Bonchev–Trinajstić information content (AvgIpc) is 2.45. The minimum absolute atomic E-state index is 0.0184. The number of aromatic amines is 1. The summed E-state index contributed by atoms with van der Waals surface area (Å²) in [6.07, 6.45) is -3.33. The Hall–Kier alpha value is -1.79. The monoisotopic (exact) mass is 203 g/mol. The van der Waals surface area contributed by atoms with E-state index < -0.39 is 17.4 Å². The van der Waals surface area contributed by atoms with E-state index in [0.717, 1.165) is 16.6 Å². The van der Waals surface area contributed by atoms with Crippen LogP contribution in [0.5, 0.6) is 0 Å². The lowest BCUT2D eigenvalue weighted by Gasteiger charge is -1.98. The van der Waals surface area contributed by atoms with Crippen LogP contribution >= 0.6 is 0 Å². The number of hydrogen-bond donors (Lipinski definition) is 1. The molecule has 0 bridgehead atoms. The first kappa shape index (κ1) is 8.79. The number of aromatic nitrogens is 3. The lowest BCUT2D eigenvalue weighted by Crippen LogP contribution is -2.06. The van der Waals surface area contributed by atoms with E-state index in [-0.39, 0.29) is 5.65 Å². The van der Waals surface area contributed by atoms with Crippen LogP contribution in [-0.2, 0) is 6.18 Å². The zero-order valence-electron chi connectivity index (χ0n) is 6.67. The number of alkyl halides is 3. The van der Waals surface area contributed by atoms with Gasteiger partial charge in [0, 0.05) is 18.3 Å². The van der Waals surface area contributed by atoms with Gasteiger partial charge in [0.15, 0.2) is 5.69 Å². The van der Waals surface area contributed by atoms with Crippen LogP contribution in [0.25, 0.3) is 5.65 Å². The van der Waals surface area contributed by atoms with Crippen LogP contribution in [0.4, 0.5) is 13.2 Å². The molecule has 0 aliphatic heterocycles. The standard InChI is InChI=1S/C7H4F3N3O/c8-7(9,10)4-3-5-11-6(14)1-2-13(5)12-4/h1-3H,(H,11,14). The summed E-state index contributed by atoms with van der Waals surface area (Å²) in [5.74, 6) is 0. The Balaban J connectivity index is 2.69. The lowest BCUT2D eigenvalue weighted by molar-refractivity contribution is -0.141. The Labute approximate surface area is 75.0 Å². The minimum Gasteiger partial charge on any atom is -0.307 e. The quantitative estimate of drug-likeness (QED) is 0.695. The van der Waals surface area contributed by atoms with Crippen molar-refractivity contribution in [1.82, 2.24) is 14.6 Å². The summed E-state index contributed by atoms with van der Waals surface area (Å²) in [6, 6.07) is 1.88. The van der Waals surface area contributed by atoms with Crippen molar-refractivity contribution in [3.05, 3.63) is 34.4 Å². The molecule has 2 aromatic rings. The van der Waals surface area contributed by atoms with Gasteiger partial charge in [0.1, 0.15) is 5.65 Å². The summed E-state index contributed by atoms with van der Waals surface area (Å²) in [7, 11) is 0. The molecule has 4 nitrogen and oxygen atoms in total. The zero-order chi connectivity index (χ0) is 10.3. The highest BCUT2D eigenvalue weighted by Gasteiger charge is 2.34. The van der Waals surface area contributed by atoms with E-state index >= 15 is 0 Å². The Morgan fingerprint density at radius 3 is 2.79 bits per heavy atom. The van der Waals surface area contributed by atoms with E-state index in [1.807, 2.05) is 0 Å². The van der Waals surface area contributed by atoms with E-state index in [1.54, 1.807) is 0 Å². The molecule has 0 saturated carbocycles. The van der Waals surface area contributed by atoms with Gasteiger partial charge in [0.25, 0.3) is 5.56 Å². The fourth-order valence-electron chi connectivity index (χ4n) is 1.05. The molecule has 0 spiro atoms. The van der Waals surface area contributed by atoms with E-state index in [4.69, 9.17) is 0 Å². The van der Waals surface area contributed by atoms with Crippen molar-refractivity contribution in [3.8, 4) is 0 Å². The Morgan fingerprint density at radius 1 is 1.43 bits per heavy atom. The lowest BCUT2D eigenvalue weighted by atomic mass is 10.4. The van der Waals surface area contributed by atoms with E-state index in [2.05, 4.69) is 10.1 Å². The largest absolute Gasteiger partial charge is 0.435 e. The number of hydrogen-bond acceptors (Lipinski definition) is 2. The molecule has 0 fully saturated rings. The first-order chi connectivity index (χ1) is 6.47. The first-order valence-electron chi connectivity index (χ1n) is 3.63. The number of nitrogens with zero attached hydrogens (tertiary/aromatic N) is 2. The normalized spacial score (nSPS) is 12.2. The van der Waals surface area contributed by atoms with Gasteiger partial charge in [0.2, 0.25) is 0 Å². The summed E-state index contributed by atoms with van der Waals surface area (Å²) in [5, 5.41) is 3.25. The van der Waals surface area contributed by atoms with Gasteiger partial charge >= 0.3 is 6.18 Å². The van der Waals surface area contributed by atoms with Crippen molar-refractivity contribution in [2.75, 3.05) is 0 Å².